The van der Waals surface area contributed by atoms with Crippen molar-refractivity contribution in [1.29, 1.82) is 0 Å². The highest BCUT2D eigenvalue weighted by Crippen LogP contribution is 2.46. The summed E-state index contributed by atoms with van der Waals surface area (Å²) in [6.45, 7) is 1.78. The van der Waals surface area contributed by atoms with Crippen molar-refractivity contribution >= 4 is 40.7 Å². The highest BCUT2D eigenvalue weighted by Gasteiger charge is 2.58. The smallest absolute Gasteiger partial charge is 0.282 e. The van der Waals surface area contributed by atoms with Crippen molar-refractivity contribution in [3.05, 3.63) is 104 Å². The van der Waals surface area contributed by atoms with E-state index in [4.69, 9.17) is 11.6 Å². The molecule has 0 spiro atoms. The quantitative estimate of drug-likeness (QED) is 0.238. The van der Waals surface area contributed by atoms with Crippen LogP contribution in [0.15, 0.2) is 60.7 Å². The molecule has 0 unspecified atom stereocenters. The van der Waals surface area contributed by atoms with E-state index in [1.54, 1.807) is 31.2 Å². The summed E-state index contributed by atoms with van der Waals surface area (Å²) in [5.74, 6) is -3.07. The van der Waals surface area contributed by atoms with Crippen molar-refractivity contribution in [2.24, 2.45) is 0 Å². The van der Waals surface area contributed by atoms with Crippen LogP contribution in [0.4, 0.5) is 15.8 Å². The first-order valence-electron chi connectivity index (χ1n) is 10.2. The van der Waals surface area contributed by atoms with Crippen molar-refractivity contribution in [3.8, 4) is 0 Å². The minimum atomic E-state index is -1.39. The molecule has 34 heavy (non-hydrogen) atoms. The second kappa shape index (κ2) is 7.74. The number of nitrogens with zero attached hydrogens (tertiary/aromatic N) is 3. The Morgan fingerprint density at radius 1 is 0.941 bits per heavy atom. The number of carbonyl (C=O) groups excluding carboxylic acids is 3. The molecule has 2 heterocycles. The highest BCUT2D eigenvalue weighted by atomic mass is 35.5. The summed E-state index contributed by atoms with van der Waals surface area (Å²) in [4.78, 5) is 52.4. The number of fused-ring (bicyclic) bond motifs is 1. The fourth-order valence-corrected chi connectivity index (χ4v) is 4.63. The summed E-state index contributed by atoms with van der Waals surface area (Å²) in [6, 6.07) is 11.9. The Bertz CT molecular complexity index is 1430. The van der Waals surface area contributed by atoms with Gasteiger partial charge in [0.25, 0.3) is 23.4 Å². The van der Waals surface area contributed by atoms with Gasteiger partial charge in [-0.15, -0.1) is 0 Å². The number of hydrogen-bond donors (Lipinski definition) is 0. The van der Waals surface area contributed by atoms with Gasteiger partial charge in [0, 0.05) is 22.3 Å². The third kappa shape index (κ3) is 3.01. The van der Waals surface area contributed by atoms with Crippen molar-refractivity contribution in [2.45, 2.75) is 19.0 Å². The minimum Gasteiger partial charge on any atom is -0.300 e. The van der Waals surface area contributed by atoms with Crippen molar-refractivity contribution in [1.82, 2.24) is 4.90 Å². The minimum absolute atomic E-state index is 0.0925. The topological polar surface area (TPSA) is 101 Å². The van der Waals surface area contributed by atoms with Crippen LogP contribution in [0.3, 0.4) is 0 Å². The lowest BCUT2D eigenvalue weighted by atomic mass is 9.86. The molecule has 2 atom stereocenters. The van der Waals surface area contributed by atoms with Crippen LogP contribution in [0.1, 0.15) is 37.9 Å². The largest absolute Gasteiger partial charge is 0.300 e. The number of nitro groups is 1. The zero-order valence-corrected chi connectivity index (χ0v) is 18.3. The van der Waals surface area contributed by atoms with Gasteiger partial charge in [0.15, 0.2) is 0 Å². The summed E-state index contributed by atoms with van der Waals surface area (Å²) in [6.07, 6.45) is 0. The standard InChI is InChI=1S/C24H15ClFN3O5/c1-12-9-10-13(11-16(12)25)27-20(14-5-2-3-7-17(14)26)21(24(27)32)28-22(30)15-6-4-8-18(29(33)34)19(15)23(28)31/h2-11,20-21H,1H3/t20-,21+/m0/s1. The number of halogens is 2. The summed E-state index contributed by atoms with van der Waals surface area (Å²) < 4.78 is 14.9. The third-order valence-electron chi connectivity index (χ3n) is 6.12. The number of carbonyl (C=O) groups is 3. The predicted molar refractivity (Wildman–Crippen MR) is 120 cm³/mol. The molecule has 0 aliphatic carbocycles. The first kappa shape index (κ1) is 21.7. The third-order valence-corrected chi connectivity index (χ3v) is 6.53. The van der Waals surface area contributed by atoms with Gasteiger partial charge in [0.2, 0.25) is 0 Å². The van der Waals surface area contributed by atoms with Crippen LogP contribution in [0.2, 0.25) is 5.02 Å². The Labute approximate surface area is 197 Å². The van der Waals surface area contributed by atoms with E-state index in [2.05, 4.69) is 0 Å². The van der Waals surface area contributed by atoms with E-state index in [1.807, 2.05) is 0 Å². The summed E-state index contributed by atoms with van der Waals surface area (Å²) >= 11 is 6.23. The molecule has 2 aliphatic rings. The molecule has 0 bridgehead atoms. The SMILES string of the molecule is Cc1ccc(N2C(=O)[C@H](N3C(=O)c4cccc([N+](=O)[O-])c4C3=O)[C@@H]2c2ccccc2F)cc1Cl. The van der Waals surface area contributed by atoms with Gasteiger partial charge >= 0.3 is 0 Å². The van der Waals surface area contributed by atoms with Gasteiger partial charge in [-0.05, 0) is 36.8 Å². The van der Waals surface area contributed by atoms with Gasteiger partial charge in [0.1, 0.15) is 17.4 Å². The van der Waals surface area contributed by atoms with Gasteiger partial charge in [-0.25, -0.2) is 4.39 Å². The van der Waals surface area contributed by atoms with Crippen molar-refractivity contribution in [3.63, 3.8) is 0 Å². The van der Waals surface area contributed by atoms with Crippen LogP contribution in [-0.2, 0) is 4.79 Å². The molecule has 5 rings (SSSR count). The summed E-state index contributed by atoms with van der Waals surface area (Å²) in [5.41, 5.74) is 0.146. The van der Waals surface area contributed by atoms with Crippen molar-refractivity contribution in [2.75, 3.05) is 4.90 Å². The maximum atomic E-state index is 14.9. The molecule has 8 nitrogen and oxygen atoms in total. The first-order chi connectivity index (χ1) is 16.2. The normalized spacial score (nSPS) is 19.3. The molecule has 0 radical (unpaired) electrons. The lowest BCUT2D eigenvalue weighted by Gasteiger charge is -2.49. The number of benzene rings is 3. The van der Waals surface area contributed by atoms with Gasteiger partial charge in [0.05, 0.1) is 16.5 Å². The zero-order valence-electron chi connectivity index (χ0n) is 17.6. The molecule has 3 amide bonds. The fraction of sp³-hybridized carbons (Fsp3) is 0.125. The number of rotatable bonds is 4. The van der Waals surface area contributed by atoms with Crippen LogP contribution in [0, 0.1) is 22.9 Å². The van der Waals surface area contributed by atoms with Gasteiger partial charge < -0.3 is 4.90 Å². The van der Waals surface area contributed by atoms with Crippen LogP contribution in [-0.4, -0.2) is 33.6 Å². The van der Waals surface area contributed by atoms with Gasteiger partial charge in [-0.2, -0.15) is 0 Å². The second-order valence-corrected chi connectivity index (χ2v) is 8.40. The van der Waals surface area contributed by atoms with Crippen LogP contribution in [0.25, 0.3) is 0 Å². The Morgan fingerprint density at radius 2 is 1.68 bits per heavy atom. The van der Waals surface area contributed by atoms with E-state index >= 15 is 0 Å². The average Bonchev–Trinajstić information content (AvgIpc) is 3.05. The number of aryl methyl sites for hydroxylation is 1. The number of imide groups is 1. The first-order valence-corrected chi connectivity index (χ1v) is 10.6. The lowest BCUT2D eigenvalue weighted by Crippen LogP contribution is -2.67. The summed E-state index contributed by atoms with van der Waals surface area (Å²) in [7, 11) is 0. The van der Waals surface area contributed by atoms with E-state index < -0.39 is 46.2 Å². The number of β-lactam (4-membered cyclic amide) rings is 1. The zero-order chi connectivity index (χ0) is 24.3. The van der Waals surface area contributed by atoms with E-state index in [0.717, 1.165) is 11.6 Å². The Kier molecular flexibility index (Phi) is 4.94. The molecule has 3 aromatic rings. The fourth-order valence-electron chi connectivity index (χ4n) is 4.46. The maximum Gasteiger partial charge on any atom is 0.282 e. The molecular formula is C24H15ClFN3O5. The van der Waals surface area contributed by atoms with Gasteiger partial charge in [-0.3, -0.25) is 29.4 Å². The van der Waals surface area contributed by atoms with Gasteiger partial charge in [-0.1, -0.05) is 41.9 Å². The molecule has 2 aliphatic heterocycles. The number of amides is 3. The maximum absolute atomic E-state index is 14.9. The highest BCUT2D eigenvalue weighted by molar-refractivity contribution is 6.32. The molecule has 3 aromatic carbocycles. The van der Waals surface area contributed by atoms with Crippen LogP contribution < -0.4 is 4.90 Å². The average molecular weight is 480 g/mol. The lowest BCUT2D eigenvalue weighted by molar-refractivity contribution is -0.385. The number of nitro benzene ring substituents is 1. The predicted octanol–water partition coefficient (Wildman–Crippen LogP) is 4.45. The number of hydrogen-bond acceptors (Lipinski definition) is 5. The molecule has 0 saturated carbocycles. The molecule has 0 N–H and O–H groups in total. The summed E-state index contributed by atoms with van der Waals surface area (Å²) in [5, 5.41) is 11.8. The second-order valence-electron chi connectivity index (χ2n) is 7.99. The Morgan fingerprint density at radius 3 is 2.35 bits per heavy atom. The molecule has 10 heteroatoms. The van der Waals surface area contributed by atoms with E-state index in [0.29, 0.717) is 15.6 Å². The molecule has 170 valence electrons. The molecular weight excluding hydrogens is 465 g/mol. The Balaban J connectivity index is 1.63. The van der Waals surface area contributed by atoms with Crippen LogP contribution in [0.5, 0.6) is 0 Å². The van der Waals surface area contributed by atoms with Crippen LogP contribution >= 0.6 is 11.6 Å². The molecule has 1 saturated heterocycles. The van der Waals surface area contributed by atoms with E-state index in [-0.39, 0.29) is 16.7 Å². The van der Waals surface area contributed by atoms with E-state index in [1.165, 1.54) is 35.2 Å². The Hall–Kier alpha value is -4.11. The molecule has 0 aromatic heterocycles. The van der Waals surface area contributed by atoms with E-state index in [9.17, 15) is 28.9 Å². The number of anilines is 1. The van der Waals surface area contributed by atoms with Crippen molar-refractivity contribution < 1.29 is 23.7 Å². The molecule has 1 fully saturated rings. The monoisotopic (exact) mass is 479 g/mol.